The Balaban J connectivity index is 1.47. The van der Waals surface area contributed by atoms with E-state index in [1.807, 2.05) is 5.32 Å². The van der Waals surface area contributed by atoms with Crippen molar-refractivity contribution in [1.29, 1.82) is 0 Å². The number of carbonyl (C=O) groups is 19. The number of carbonyl (C=O) groups excluding carboxylic acids is 14. The summed E-state index contributed by atoms with van der Waals surface area (Å²) in [6.07, 6.45) is -9.45. The van der Waals surface area contributed by atoms with Crippen LogP contribution in [0, 0.1) is 11.8 Å². The van der Waals surface area contributed by atoms with Gasteiger partial charge < -0.3 is 122 Å². The highest BCUT2D eigenvalue weighted by molar-refractivity contribution is 6.01. The van der Waals surface area contributed by atoms with Crippen molar-refractivity contribution >= 4 is 113 Å². The minimum atomic E-state index is -2.21. The number of benzene rings is 5. The highest BCUT2D eigenvalue weighted by Crippen LogP contribution is 2.19. The number of amides is 14. The lowest BCUT2D eigenvalue weighted by atomic mass is 9.96. The first-order valence-corrected chi connectivity index (χ1v) is 42.5. The molecule has 0 fully saturated rings. The zero-order valence-corrected chi connectivity index (χ0v) is 73.0. The van der Waals surface area contributed by atoms with Gasteiger partial charge in [-0.15, -0.1) is 0 Å². The van der Waals surface area contributed by atoms with Crippen molar-refractivity contribution < 1.29 is 127 Å². The maximum Gasteiger partial charge on any atom is 0.326 e. The Morgan fingerprint density at radius 1 is 0.313 bits per heavy atom. The summed E-state index contributed by atoms with van der Waals surface area (Å²) in [6.45, 7) is 7.89. The first-order chi connectivity index (χ1) is 62.1. The third-order valence-electron chi connectivity index (χ3n) is 21.0. The van der Waals surface area contributed by atoms with Gasteiger partial charge >= 0.3 is 29.8 Å². The fourth-order valence-electron chi connectivity index (χ4n) is 13.4. The molecule has 0 aromatic heterocycles. The number of aliphatic carboxylic acids is 5. The van der Waals surface area contributed by atoms with E-state index >= 15 is 24.0 Å². The predicted octanol–water partition coefficient (Wildman–Crippen LogP) is -2.22. The topological polar surface area (TPSA) is 700 Å². The van der Waals surface area contributed by atoms with Gasteiger partial charge in [0.1, 0.15) is 90.3 Å². The Hall–Kier alpha value is -14.3. The molecule has 0 radical (unpaired) electrons. The van der Waals surface area contributed by atoms with Gasteiger partial charge in [-0.3, -0.25) is 86.3 Å². The van der Waals surface area contributed by atoms with E-state index in [0.29, 0.717) is 34.2 Å². The third kappa shape index (κ3) is 38.3. The van der Waals surface area contributed by atoms with Crippen molar-refractivity contribution in [3.63, 3.8) is 0 Å². The van der Waals surface area contributed by atoms with Crippen molar-refractivity contribution in [1.82, 2.24) is 69.1 Å². The van der Waals surface area contributed by atoms with Gasteiger partial charge in [-0.1, -0.05) is 168 Å². The zero-order chi connectivity index (χ0) is 97.1. The lowest BCUT2D eigenvalue weighted by Crippen LogP contribution is -2.62. The second-order valence-electron chi connectivity index (χ2n) is 31.9. The molecule has 42 nitrogen and oxygen atoms in total. The van der Waals surface area contributed by atoms with Crippen molar-refractivity contribution in [2.24, 2.45) is 29.0 Å². The molecule has 16 atom stereocenters. The number of nitrogens with two attached hydrogens (primary N) is 3. The van der Waals surface area contributed by atoms with Crippen molar-refractivity contribution in [3.8, 4) is 5.75 Å². The van der Waals surface area contributed by atoms with Crippen LogP contribution in [0.3, 0.4) is 0 Å². The molecule has 131 heavy (non-hydrogen) atoms. The largest absolute Gasteiger partial charge is 0.508 e. The Labute approximate surface area is 754 Å². The summed E-state index contributed by atoms with van der Waals surface area (Å²) in [5, 5.41) is 100. The number of aliphatic hydroxyl groups is 1. The van der Waals surface area contributed by atoms with Crippen molar-refractivity contribution in [2.45, 2.75) is 234 Å². The third-order valence-corrected chi connectivity index (χ3v) is 21.0. The minimum Gasteiger partial charge on any atom is -0.508 e. The normalized spacial score (nSPS) is 14.7. The van der Waals surface area contributed by atoms with Crippen LogP contribution in [0.25, 0.3) is 0 Å². The number of hydrogen-bond acceptors (Lipinski definition) is 23. The van der Waals surface area contributed by atoms with Crippen molar-refractivity contribution in [2.75, 3.05) is 6.54 Å². The molecule has 5 aromatic rings. The average Bonchev–Trinajstić information content (AvgIpc) is 0.834. The number of carboxylic acids is 5. The highest BCUT2D eigenvalue weighted by atomic mass is 16.4. The smallest absolute Gasteiger partial charge is 0.326 e. The molecule has 710 valence electrons. The molecule has 0 aliphatic rings. The van der Waals surface area contributed by atoms with Crippen LogP contribution >= 0.6 is 0 Å². The number of nitrogens with one attached hydrogen (secondary N) is 13. The summed E-state index contributed by atoms with van der Waals surface area (Å²) < 4.78 is 0. The molecular formula is C89H118N16O26. The van der Waals surface area contributed by atoms with E-state index in [-0.39, 0.29) is 63.7 Å². The van der Waals surface area contributed by atoms with Crippen LogP contribution < -0.4 is 86.3 Å². The monoisotopic (exact) mass is 1830 g/mol. The van der Waals surface area contributed by atoms with Crippen LogP contribution in [0.5, 0.6) is 5.75 Å². The molecule has 26 N–H and O–H groups in total. The first-order valence-electron chi connectivity index (χ1n) is 42.5. The molecule has 5 rings (SSSR count). The van der Waals surface area contributed by atoms with E-state index in [4.69, 9.17) is 17.2 Å². The predicted molar refractivity (Wildman–Crippen MR) is 469 cm³/mol. The Kier molecular flexibility index (Phi) is 44.8. The molecule has 0 saturated heterocycles. The van der Waals surface area contributed by atoms with Gasteiger partial charge in [0, 0.05) is 51.4 Å². The van der Waals surface area contributed by atoms with Gasteiger partial charge in [-0.05, 0) is 104 Å². The molecule has 0 unspecified atom stereocenters. The molecule has 5 aromatic carbocycles. The maximum atomic E-state index is 15.3. The van der Waals surface area contributed by atoms with Crippen molar-refractivity contribution in [3.05, 3.63) is 173 Å². The molecule has 42 heteroatoms. The van der Waals surface area contributed by atoms with Crippen LogP contribution in [0.2, 0.25) is 0 Å². The summed E-state index contributed by atoms with van der Waals surface area (Å²) in [7, 11) is 0. The summed E-state index contributed by atoms with van der Waals surface area (Å²) >= 11 is 0. The van der Waals surface area contributed by atoms with Crippen LogP contribution in [-0.4, -0.2) is 246 Å². The first kappa shape index (κ1) is 107. The second kappa shape index (κ2) is 54.8. The summed E-state index contributed by atoms with van der Waals surface area (Å²) in [5.74, 6) is -25.3. The van der Waals surface area contributed by atoms with Crippen LogP contribution in [-0.2, 0) is 123 Å². The average molecular weight is 1830 g/mol. The second-order valence-corrected chi connectivity index (χ2v) is 31.9. The number of phenolic OH excluding ortho intramolecular Hbond substituents is 1. The summed E-state index contributed by atoms with van der Waals surface area (Å²) in [4.78, 5) is 261. The number of primary amides is 1. The molecule has 0 heterocycles. The lowest BCUT2D eigenvalue weighted by Gasteiger charge is -2.30. The Morgan fingerprint density at radius 3 is 0.908 bits per heavy atom. The summed E-state index contributed by atoms with van der Waals surface area (Å²) in [6, 6.07) is 14.9. The number of unbranched alkanes of at least 4 members (excludes halogenated alkanes) is 1. The Bertz CT molecular complexity index is 4730. The minimum absolute atomic E-state index is 0.0246. The fourth-order valence-corrected chi connectivity index (χ4v) is 13.4. The quantitative estimate of drug-likeness (QED) is 0.0183. The maximum absolute atomic E-state index is 15.3. The van der Waals surface area contributed by atoms with Gasteiger partial charge in [-0.2, -0.15) is 0 Å². The van der Waals surface area contributed by atoms with Gasteiger partial charge in [0.05, 0.1) is 18.9 Å². The highest BCUT2D eigenvalue weighted by Gasteiger charge is 2.41. The van der Waals surface area contributed by atoms with Gasteiger partial charge in [0.15, 0.2) is 0 Å². The van der Waals surface area contributed by atoms with Crippen LogP contribution in [0.15, 0.2) is 146 Å². The number of rotatable bonds is 58. The number of carboxylic acid groups (broad SMARTS) is 5. The number of aromatic hydroxyl groups is 1. The van der Waals surface area contributed by atoms with E-state index in [1.54, 1.807) is 154 Å². The summed E-state index contributed by atoms with van der Waals surface area (Å²) in [5.41, 5.74) is 19.8. The van der Waals surface area contributed by atoms with Crippen LogP contribution in [0.1, 0.15) is 139 Å². The lowest BCUT2D eigenvalue weighted by molar-refractivity contribution is -0.148. The van der Waals surface area contributed by atoms with E-state index in [2.05, 4.69) is 58.5 Å². The molecule has 0 spiro atoms. The van der Waals surface area contributed by atoms with E-state index in [1.165, 1.54) is 31.2 Å². The van der Waals surface area contributed by atoms with Gasteiger partial charge in [0.2, 0.25) is 82.7 Å². The van der Waals surface area contributed by atoms with Crippen LogP contribution in [0.4, 0.5) is 0 Å². The fraction of sp³-hybridized carbons (Fsp3) is 0.449. The SMILES string of the molecule is CC[C@H](C)[C@H](NC(=O)[C@H](Cc1ccc(O)cc1)NC(=O)[C@@H](N)[C@@H](C)O)C(=O)N[C@@H](Cc1ccccc1)C(=O)N[C@@H](Cc1ccccc1)C(=O)N[C@H](C(=O)N[C@@H](Cc1ccccc1)C(=O)N[C@@H](Cc1ccccc1)C(=O)N[C@@H](CCC(N)=O)C(=O)N[C@@H](CCCCN)C(=O)N[C@@H](CCC(=O)O)C(=O)N[C@@H](CCC(=O)O)C(=O)N[C@@H](CC(=O)O)C(=O)N[C@@H](CC(=O)O)C(=O)O)C(C)C. The molecule has 0 saturated carbocycles. The number of hydrogen-bond donors (Lipinski definition) is 23. The zero-order valence-electron chi connectivity index (χ0n) is 73.0. The molecule has 14 amide bonds. The molecule has 0 aliphatic heterocycles. The van der Waals surface area contributed by atoms with Gasteiger partial charge in [-0.25, -0.2) is 4.79 Å². The van der Waals surface area contributed by atoms with E-state index < -0.39 is 266 Å². The molecule has 0 bridgehead atoms. The molecule has 0 aliphatic carbocycles. The molecular weight excluding hydrogens is 1710 g/mol. The number of phenols is 1. The van der Waals surface area contributed by atoms with Gasteiger partial charge in [0.25, 0.3) is 0 Å². The number of aliphatic hydroxyl groups excluding tert-OH is 1. The van der Waals surface area contributed by atoms with E-state index in [0.717, 1.165) is 0 Å². The Morgan fingerprint density at radius 2 is 0.588 bits per heavy atom. The standard InChI is InChI=1S/C89H118N16O26/c1-6-49(4)75(105-85(126)65(100-86(127)73(92)50(5)106)45-55-30-32-56(107)33-31-55)88(129)102-63(43-53-25-15-9-16-26-53)82(123)98-64(44-54-27-17-10-18-28-54)84(125)104-74(48(2)3)87(128)101-62(42-52-23-13-8-14-24-52)81(122)97-61(41-51-21-11-7-12-22-51)80(121)96-58(34-37-68(91)108)77(118)93-57(29-19-20-40-90)76(117)94-59(35-38-69(109)110)78(119)95-60(36-39-70(111)112)79(120)99-66(46-71(113)114)83(124)103-67(89(130)131)47-72(115)116/h7-18,21-28,30-33,48-50,57-67,73-75,106-107H,6,19-20,29,34-47,90,92H2,1-5H3,(H2,91,108)(H,93,118)(H,94,117)(H,95,119)(H,96,121)(H,97,122)(H,98,123)(H,99,120)(H,100,127)(H,101,128)(H,102,129)(H,103,124)(H,104,125)(H,105,126)(H,109,110)(H,111,112)(H,113,114)(H,115,116)(H,130,131)/t49-,50+,57-,58-,59-,60-,61-,62-,63-,64-,65-,66-,67-,73-,74-,75-/m0/s1. The van der Waals surface area contributed by atoms with E-state index in [9.17, 15) is 103 Å².